The highest BCUT2D eigenvalue weighted by Gasteiger charge is 2.24. The van der Waals surface area contributed by atoms with E-state index in [0.29, 0.717) is 6.04 Å². The van der Waals surface area contributed by atoms with Gasteiger partial charge in [-0.15, -0.1) is 0 Å². The Labute approximate surface area is 115 Å². The van der Waals surface area contributed by atoms with Gasteiger partial charge in [0.15, 0.2) is 0 Å². The summed E-state index contributed by atoms with van der Waals surface area (Å²) >= 11 is 0. The number of nitrogens with one attached hydrogen (secondary N) is 1. The Morgan fingerprint density at radius 3 is 2.63 bits per heavy atom. The van der Waals surface area contributed by atoms with Gasteiger partial charge in [0.1, 0.15) is 0 Å². The summed E-state index contributed by atoms with van der Waals surface area (Å²) in [4.78, 5) is 0. The Balaban J connectivity index is 1.48. The molecule has 3 rings (SSSR count). The van der Waals surface area contributed by atoms with Crippen molar-refractivity contribution in [3.63, 3.8) is 0 Å². The van der Waals surface area contributed by atoms with Crippen molar-refractivity contribution >= 4 is 10.8 Å². The first-order chi connectivity index (χ1) is 9.31. The minimum Gasteiger partial charge on any atom is -0.328 e. The summed E-state index contributed by atoms with van der Waals surface area (Å²) < 4.78 is 0. The Morgan fingerprint density at radius 2 is 1.84 bits per heavy atom. The molecule has 2 aromatic rings. The van der Waals surface area contributed by atoms with Crippen molar-refractivity contribution in [2.24, 2.45) is 11.7 Å². The Morgan fingerprint density at radius 1 is 1.05 bits per heavy atom. The molecule has 19 heavy (non-hydrogen) atoms. The summed E-state index contributed by atoms with van der Waals surface area (Å²) in [5, 5.41) is 6.21. The van der Waals surface area contributed by atoms with E-state index in [9.17, 15) is 0 Å². The number of fused-ring (bicyclic) bond motifs is 1. The van der Waals surface area contributed by atoms with Crippen molar-refractivity contribution in [2.75, 3.05) is 13.1 Å². The van der Waals surface area contributed by atoms with Crippen LogP contribution in [0.3, 0.4) is 0 Å². The highest BCUT2D eigenvalue weighted by Crippen LogP contribution is 2.24. The minimum atomic E-state index is 0.465. The Hall–Kier alpha value is -1.38. The van der Waals surface area contributed by atoms with Gasteiger partial charge in [-0.25, -0.2) is 0 Å². The second-order valence-electron chi connectivity index (χ2n) is 5.73. The highest BCUT2D eigenvalue weighted by atomic mass is 14.9. The highest BCUT2D eigenvalue weighted by molar-refractivity contribution is 5.82. The van der Waals surface area contributed by atoms with E-state index in [1.807, 2.05) is 0 Å². The maximum atomic E-state index is 5.79. The minimum absolute atomic E-state index is 0.465. The fourth-order valence-electron chi connectivity index (χ4n) is 2.89. The van der Waals surface area contributed by atoms with Crippen LogP contribution in [0.4, 0.5) is 0 Å². The van der Waals surface area contributed by atoms with Crippen LogP contribution in [0, 0.1) is 5.92 Å². The van der Waals surface area contributed by atoms with Crippen molar-refractivity contribution in [3.05, 3.63) is 48.0 Å². The van der Waals surface area contributed by atoms with E-state index in [2.05, 4.69) is 47.8 Å². The molecule has 0 spiro atoms. The monoisotopic (exact) mass is 254 g/mol. The molecule has 0 atom stereocenters. The number of benzene rings is 2. The molecule has 0 unspecified atom stereocenters. The maximum Gasteiger partial charge on any atom is 0.00450 e. The van der Waals surface area contributed by atoms with E-state index in [-0.39, 0.29) is 0 Å². The second kappa shape index (κ2) is 5.72. The topological polar surface area (TPSA) is 38.0 Å². The molecule has 3 N–H and O–H groups in total. The fourth-order valence-corrected chi connectivity index (χ4v) is 2.89. The summed E-state index contributed by atoms with van der Waals surface area (Å²) in [5.41, 5.74) is 7.20. The molecule has 0 amide bonds. The van der Waals surface area contributed by atoms with Gasteiger partial charge in [-0.05, 0) is 54.6 Å². The molecule has 1 saturated carbocycles. The number of hydrogen-bond acceptors (Lipinski definition) is 2. The van der Waals surface area contributed by atoms with E-state index in [1.165, 1.54) is 29.2 Å². The predicted octanol–water partition coefficient (Wildman–Crippen LogP) is 2.71. The lowest BCUT2D eigenvalue weighted by molar-refractivity contribution is 0.257. The molecule has 100 valence electrons. The summed E-state index contributed by atoms with van der Waals surface area (Å²) in [7, 11) is 0. The molecule has 2 aromatic carbocycles. The molecule has 0 bridgehead atoms. The Bertz CT molecular complexity index is 544. The second-order valence-corrected chi connectivity index (χ2v) is 5.73. The number of hydrogen-bond donors (Lipinski definition) is 2. The smallest absolute Gasteiger partial charge is 0.00450 e. The molecule has 0 heterocycles. The van der Waals surface area contributed by atoms with E-state index in [0.717, 1.165) is 25.4 Å². The third-order valence-electron chi connectivity index (χ3n) is 4.11. The normalized spacial score (nSPS) is 22.4. The van der Waals surface area contributed by atoms with Crippen molar-refractivity contribution in [1.29, 1.82) is 0 Å². The SMILES string of the molecule is NC1CC(CNCCc2ccc3ccccc3c2)C1. The third-order valence-corrected chi connectivity index (χ3v) is 4.11. The van der Waals surface area contributed by atoms with Gasteiger partial charge in [-0.3, -0.25) is 0 Å². The zero-order valence-corrected chi connectivity index (χ0v) is 11.3. The first-order valence-electron chi connectivity index (χ1n) is 7.25. The van der Waals surface area contributed by atoms with Crippen LogP contribution in [0.15, 0.2) is 42.5 Å². The van der Waals surface area contributed by atoms with Crippen molar-refractivity contribution in [2.45, 2.75) is 25.3 Å². The Kier molecular flexibility index (Phi) is 3.81. The first kappa shape index (κ1) is 12.6. The molecule has 1 fully saturated rings. The molecule has 1 aliphatic rings. The molecule has 2 nitrogen and oxygen atoms in total. The fraction of sp³-hybridized carbons (Fsp3) is 0.412. The zero-order chi connectivity index (χ0) is 13.1. The predicted molar refractivity (Wildman–Crippen MR) is 81.2 cm³/mol. The van der Waals surface area contributed by atoms with E-state index < -0.39 is 0 Å². The van der Waals surface area contributed by atoms with Crippen molar-refractivity contribution in [1.82, 2.24) is 5.32 Å². The summed E-state index contributed by atoms with van der Waals surface area (Å²) in [6.45, 7) is 2.19. The first-order valence-corrected chi connectivity index (χ1v) is 7.25. The van der Waals surface area contributed by atoms with Crippen LogP contribution in [-0.2, 0) is 6.42 Å². The average molecular weight is 254 g/mol. The molecule has 2 heteroatoms. The van der Waals surface area contributed by atoms with Gasteiger partial charge in [0.25, 0.3) is 0 Å². The van der Waals surface area contributed by atoms with Gasteiger partial charge < -0.3 is 11.1 Å². The zero-order valence-electron chi connectivity index (χ0n) is 11.3. The van der Waals surface area contributed by atoms with Crippen LogP contribution in [-0.4, -0.2) is 19.1 Å². The molecular formula is C17H22N2. The van der Waals surface area contributed by atoms with E-state index in [4.69, 9.17) is 5.73 Å². The summed E-state index contributed by atoms with van der Waals surface area (Å²) in [6.07, 6.45) is 3.50. The number of nitrogens with two attached hydrogens (primary N) is 1. The van der Waals surface area contributed by atoms with E-state index in [1.54, 1.807) is 0 Å². The van der Waals surface area contributed by atoms with Gasteiger partial charge >= 0.3 is 0 Å². The third kappa shape index (κ3) is 3.14. The van der Waals surface area contributed by atoms with Gasteiger partial charge in [-0.2, -0.15) is 0 Å². The van der Waals surface area contributed by atoms with Crippen molar-refractivity contribution in [3.8, 4) is 0 Å². The molecular weight excluding hydrogens is 232 g/mol. The van der Waals surface area contributed by atoms with E-state index >= 15 is 0 Å². The molecule has 0 radical (unpaired) electrons. The quantitative estimate of drug-likeness (QED) is 0.805. The number of rotatable bonds is 5. The lowest BCUT2D eigenvalue weighted by Gasteiger charge is -2.32. The van der Waals surface area contributed by atoms with Crippen LogP contribution in [0.5, 0.6) is 0 Å². The average Bonchev–Trinajstić information content (AvgIpc) is 2.41. The summed E-state index contributed by atoms with van der Waals surface area (Å²) in [6, 6.07) is 15.8. The lowest BCUT2D eigenvalue weighted by Crippen LogP contribution is -2.41. The van der Waals surface area contributed by atoms with Crippen LogP contribution in [0.2, 0.25) is 0 Å². The lowest BCUT2D eigenvalue weighted by atomic mass is 9.81. The van der Waals surface area contributed by atoms with Crippen LogP contribution in [0.25, 0.3) is 10.8 Å². The molecule has 0 aliphatic heterocycles. The van der Waals surface area contributed by atoms with Crippen LogP contribution >= 0.6 is 0 Å². The van der Waals surface area contributed by atoms with Gasteiger partial charge in [0.05, 0.1) is 0 Å². The van der Waals surface area contributed by atoms with Gasteiger partial charge in [0, 0.05) is 6.04 Å². The summed E-state index contributed by atoms with van der Waals surface area (Å²) in [5.74, 6) is 0.812. The van der Waals surface area contributed by atoms with Crippen LogP contribution < -0.4 is 11.1 Å². The largest absolute Gasteiger partial charge is 0.328 e. The van der Waals surface area contributed by atoms with Crippen LogP contribution in [0.1, 0.15) is 18.4 Å². The van der Waals surface area contributed by atoms with Crippen molar-refractivity contribution < 1.29 is 0 Å². The van der Waals surface area contributed by atoms with Gasteiger partial charge in [-0.1, -0.05) is 42.5 Å². The molecule has 0 aromatic heterocycles. The molecule has 0 saturated heterocycles. The van der Waals surface area contributed by atoms with Gasteiger partial charge in [0.2, 0.25) is 0 Å². The maximum absolute atomic E-state index is 5.79. The standard InChI is InChI=1S/C17H22N2/c18-17-10-14(11-17)12-19-8-7-13-5-6-15-3-1-2-4-16(15)9-13/h1-6,9,14,17,19H,7-8,10-12,18H2. The molecule has 1 aliphatic carbocycles.